The molecule has 3 rings (SSSR count). The number of benzene rings is 2. The van der Waals surface area contributed by atoms with Crippen molar-refractivity contribution < 1.29 is 13.5 Å². The summed E-state index contributed by atoms with van der Waals surface area (Å²) >= 11 is 0. The summed E-state index contributed by atoms with van der Waals surface area (Å²) in [6.45, 7) is 2.05. The molecule has 23 heavy (non-hydrogen) atoms. The Morgan fingerprint density at radius 1 is 0.957 bits per heavy atom. The standard InChI is InChI=1S/C20H21F2O/c1-2-23-18-13-12-17(19(21)20(18)22)16-10-8-15(9-11-16)14-6-4-3-5-7-14/h3,8-14H,2,4-7H2,1H3. The summed E-state index contributed by atoms with van der Waals surface area (Å²) in [6.07, 6.45) is 7.00. The van der Waals surface area contributed by atoms with Crippen molar-refractivity contribution in [1.29, 1.82) is 0 Å². The molecule has 0 bridgehead atoms. The highest BCUT2D eigenvalue weighted by atomic mass is 19.2. The maximum atomic E-state index is 14.3. The summed E-state index contributed by atoms with van der Waals surface area (Å²) in [5.74, 6) is -1.23. The van der Waals surface area contributed by atoms with E-state index in [-0.39, 0.29) is 11.3 Å². The zero-order valence-electron chi connectivity index (χ0n) is 13.3. The molecule has 1 saturated carbocycles. The van der Waals surface area contributed by atoms with Gasteiger partial charge in [0, 0.05) is 5.56 Å². The van der Waals surface area contributed by atoms with E-state index in [2.05, 4.69) is 6.42 Å². The fourth-order valence-electron chi connectivity index (χ4n) is 3.22. The quantitative estimate of drug-likeness (QED) is 0.683. The van der Waals surface area contributed by atoms with E-state index in [9.17, 15) is 8.78 Å². The molecule has 0 aromatic heterocycles. The van der Waals surface area contributed by atoms with Crippen LogP contribution in [0.3, 0.4) is 0 Å². The van der Waals surface area contributed by atoms with Gasteiger partial charge in [0.25, 0.3) is 0 Å². The van der Waals surface area contributed by atoms with Gasteiger partial charge in [-0.1, -0.05) is 24.3 Å². The zero-order chi connectivity index (χ0) is 16.2. The lowest BCUT2D eigenvalue weighted by molar-refractivity contribution is 0.314. The normalized spacial score (nSPS) is 15.6. The molecule has 0 unspecified atom stereocenters. The van der Waals surface area contributed by atoms with Gasteiger partial charge in [-0.05, 0) is 68.2 Å². The first-order valence-electron chi connectivity index (χ1n) is 8.23. The topological polar surface area (TPSA) is 9.23 Å². The summed E-state index contributed by atoms with van der Waals surface area (Å²) in [7, 11) is 0. The van der Waals surface area contributed by atoms with Crippen LogP contribution < -0.4 is 4.74 Å². The number of ether oxygens (including phenoxy) is 1. The number of halogens is 2. The maximum Gasteiger partial charge on any atom is 0.201 e. The van der Waals surface area contributed by atoms with Crippen LogP contribution in [-0.4, -0.2) is 6.61 Å². The van der Waals surface area contributed by atoms with Gasteiger partial charge < -0.3 is 4.74 Å². The minimum atomic E-state index is -0.920. The Bertz CT molecular complexity index is 658. The second-order valence-corrected chi connectivity index (χ2v) is 5.93. The van der Waals surface area contributed by atoms with Crippen molar-refractivity contribution in [3.63, 3.8) is 0 Å². The van der Waals surface area contributed by atoms with Crippen LogP contribution in [0.15, 0.2) is 36.4 Å². The third-order valence-corrected chi connectivity index (χ3v) is 4.48. The summed E-state index contributed by atoms with van der Waals surface area (Å²) in [5, 5.41) is 0. The fraction of sp³-hybridized carbons (Fsp3) is 0.350. The molecule has 2 aromatic carbocycles. The molecule has 1 fully saturated rings. The lowest BCUT2D eigenvalue weighted by atomic mass is 9.83. The molecule has 1 radical (unpaired) electrons. The van der Waals surface area contributed by atoms with E-state index in [1.54, 1.807) is 13.0 Å². The minimum absolute atomic E-state index is 0.0381. The van der Waals surface area contributed by atoms with E-state index < -0.39 is 11.6 Å². The summed E-state index contributed by atoms with van der Waals surface area (Å²) < 4.78 is 33.4. The predicted molar refractivity (Wildman–Crippen MR) is 88.5 cm³/mol. The molecular weight excluding hydrogens is 294 g/mol. The van der Waals surface area contributed by atoms with Crippen molar-refractivity contribution >= 4 is 0 Å². The molecule has 0 saturated heterocycles. The molecule has 1 nitrogen and oxygen atoms in total. The number of hydrogen-bond acceptors (Lipinski definition) is 1. The summed E-state index contributed by atoms with van der Waals surface area (Å²) in [4.78, 5) is 0. The highest BCUT2D eigenvalue weighted by Crippen LogP contribution is 2.34. The van der Waals surface area contributed by atoms with Gasteiger partial charge in [0.05, 0.1) is 6.61 Å². The highest BCUT2D eigenvalue weighted by Gasteiger charge is 2.18. The van der Waals surface area contributed by atoms with Crippen molar-refractivity contribution in [3.8, 4) is 16.9 Å². The van der Waals surface area contributed by atoms with Gasteiger partial charge in [-0.3, -0.25) is 0 Å². The molecular formula is C20H21F2O. The van der Waals surface area contributed by atoms with E-state index in [4.69, 9.17) is 4.74 Å². The molecule has 2 aromatic rings. The Morgan fingerprint density at radius 2 is 1.65 bits per heavy atom. The van der Waals surface area contributed by atoms with Crippen LogP contribution >= 0.6 is 0 Å². The van der Waals surface area contributed by atoms with Crippen LogP contribution in [0.5, 0.6) is 5.75 Å². The average molecular weight is 315 g/mol. The van der Waals surface area contributed by atoms with Gasteiger partial charge in [0.2, 0.25) is 5.82 Å². The van der Waals surface area contributed by atoms with E-state index in [1.165, 1.54) is 24.5 Å². The van der Waals surface area contributed by atoms with Gasteiger partial charge in [-0.15, -0.1) is 0 Å². The van der Waals surface area contributed by atoms with Crippen LogP contribution in [0.25, 0.3) is 11.1 Å². The van der Waals surface area contributed by atoms with Gasteiger partial charge in [0.15, 0.2) is 11.6 Å². The Hall–Kier alpha value is -1.90. The van der Waals surface area contributed by atoms with Gasteiger partial charge in [-0.2, -0.15) is 4.39 Å². The predicted octanol–water partition coefficient (Wildman–Crippen LogP) is 5.89. The van der Waals surface area contributed by atoms with Crippen LogP contribution in [-0.2, 0) is 0 Å². The van der Waals surface area contributed by atoms with Gasteiger partial charge in [-0.25, -0.2) is 4.39 Å². The molecule has 0 N–H and O–H groups in total. The van der Waals surface area contributed by atoms with Crippen LogP contribution in [0.4, 0.5) is 8.78 Å². The van der Waals surface area contributed by atoms with Crippen molar-refractivity contribution in [2.45, 2.75) is 38.5 Å². The van der Waals surface area contributed by atoms with E-state index >= 15 is 0 Å². The lowest BCUT2D eigenvalue weighted by Crippen LogP contribution is -2.04. The largest absolute Gasteiger partial charge is 0.491 e. The van der Waals surface area contributed by atoms with Crippen molar-refractivity contribution in [3.05, 3.63) is 60.0 Å². The molecule has 1 aliphatic rings. The SMILES string of the molecule is CCOc1ccc(-c2ccc(C3CC[CH]CC3)cc2)c(F)c1F. The molecule has 0 atom stereocenters. The number of hydrogen-bond donors (Lipinski definition) is 0. The summed E-state index contributed by atoms with van der Waals surface area (Å²) in [6, 6.07) is 10.9. The molecule has 1 aliphatic carbocycles. The van der Waals surface area contributed by atoms with E-state index in [0.717, 1.165) is 12.8 Å². The van der Waals surface area contributed by atoms with Gasteiger partial charge in [0.1, 0.15) is 0 Å². The third kappa shape index (κ3) is 3.39. The Morgan fingerprint density at radius 3 is 2.30 bits per heavy atom. The van der Waals surface area contributed by atoms with Crippen molar-refractivity contribution in [2.24, 2.45) is 0 Å². The Balaban J connectivity index is 1.85. The molecule has 3 heteroatoms. The summed E-state index contributed by atoms with van der Waals surface area (Å²) in [5.41, 5.74) is 2.25. The van der Waals surface area contributed by atoms with Crippen molar-refractivity contribution in [1.82, 2.24) is 0 Å². The fourth-order valence-corrected chi connectivity index (χ4v) is 3.22. The zero-order valence-corrected chi connectivity index (χ0v) is 13.3. The highest BCUT2D eigenvalue weighted by molar-refractivity contribution is 5.65. The first-order chi connectivity index (χ1) is 11.2. The van der Waals surface area contributed by atoms with Crippen LogP contribution in [0, 0.1) is 18.1 Å². The molecule has 0 heterocycles. The average Bonchev–Trinajstić information content (AvgIpc) is 2.60. The third-order valence-electron chi connectivity index (χ3n) is 4.48. The smallest absolute Gasteiger partial charge is 0.201 e. The van der Waals surface area contributed by atoms with E-state index in [1.807, 2.05) is 24.3 Å². The second-order valence-electron chi connectivity index (χ2n) is 5.93. The lowest BCUT2D eigenvalue weighted by Gasteiger charge is -2.22. The molecule has 121 valence electrons. The second kappa shape index (κ2) is 7.12. The molecule has 0 amide bonds. The van der Waals surface area contributed by atoms with Crippen molar-refractivity contribution in [2.75, 3.05) is 6.61 Å². The monoisotopic (exact) mass is 315 g/mol. The minimum Gasteiger partial charge on any atom is -0.491 e. The Labute approximate surface area is 136 Å². The maximum absolute atomic E-state index is 14.3. The van der Waals surface area contributed by atoms with Crippen LogP contribution in [0.2, 0.25) is 0 Å². The molecule has 0 aliphatic heterocycles. The first kappa shape index (κ1) is 16.0. The van der Waals surface area contributed by atoms with E-state index in [0.29, 0.717) is 18.1 Å². The first-order valence-corrected chi connectivity index (χ1v) is 8.23. The number of rotatable bonds is 4. The molecule has 0 spiro atoms. The van der Waals surface area contributed by atoms with Gasteiger partial charge >= 0.3 is 0 Å². The Kier molecular flexibility index (Phi) is 4.94. The van der Waals surface area contributed by atoms with Crippen LogP contribution in [0.1, 0.15) is 44.1 Å².